The zero-order valence-electron chi connectivity index (χ0n) is 12.3. The Morgan fingerprint density at radius 2 is 1.89 bits per heavy atom. The Balaban J connectivity index is 1.57. The van der Waals surface area contributed by atoms with Crippen molar-refractivity contribution in [2.75, 3.05) is 26.2 Å². The van der Waals surface area contributed by atoms with Crippen molar-refractivity contribution in [1.82, 2.24) is 9.80 Å². The standard InChI is InChI=1S/C16H30N2/c1-13(2)16-12-17-9-4-7-15(17)11-18(16)10-8-14-5-3-6-14/h13-16H,3-12H2,1-2H3. The highest BCUT2D eigenvalue weighted by molar-refractivity contribution is 4.93. The minimum absolute atomic E-state index is 0.813. The molecule has 2 heterocycles. The first-order chi connectivity index (χ1) is 8.74. The summed E-state index contributed by atoms with van der Waals surface area (Å²) in [4.78, 5) is 5.61. The van der Waals surface area contributed by atoms with E-state index in [4.69, 9.17) is 0 Å². The average Bonchev–Trinajstić information content (AvgIpc) is 2.72. The van der Waals surface area contributed by atoms with Crippen LogP contribution in [0.3, 0.4) is 0 Å². The predicted molar refractivity (Wildman–Crippen MR) is 76.8 cm³/mol. The molecule has 0 amide bonds. The molecule has 0 bridgehead atoms. The largest absolute Gasteiger partial charge is 0.298 e. The molecule has 2 aliphatic heterocycles. The number of hydrogen-bond acceptors (Lipinski definition) is 2. The third kappa shape index (κ3) is 2.60. The molecule has 3 fully saturated rings. The predicted octanol–water partition coefficient (Wildman–Crippen LogP) is 2.98. The van der Waals surface area contributed by atoms with Gasteiger partial charge in [-0.25, -0.2) is 0 Å². The van der Waals surface area contributed by atoms with Crippen LogP contribution in [-0.4, -0.2) is 48.1 Å². The molecule has 3 aliphatic rings. The molecular weight excluding hydrogens is 220 g/mol. The van der Waals surface area contributed by atoms with Gasteiger partial charge in [0, 0.05) is 25.2 Å². The van der Waals surface area contributed by atoms with Crippen molar-refractivity contribution in [3.05, 3.63) is 0 Å². The second-order valence-corrected chi connectivity index (χ2v) is 7.18. The maximum absolute atomic E-state index is 2.84. The Labute approximate surface area is 113 Å². The lowest BCUT2D eigenvalue weighted by molar-refractivity contribution is 0.0233. The lowest BCUT2D eigenvalue weighted by Crippen LogP contribution is -2.58. The summed E-state index contributed by atoms with van der Waals surface area (Å²) >= 11 is 0. The molecule has 0 radical (unpaired) electrons. The molecule has 1 aliphatic carbocycles. The zero-order valence-corrected chi connectivity index (χ0v) is 12.3. The first-order valence-corrected chi connectivity index (χ1v) is 8.22. The monoisotopic (exact) mass is 250 g/mol. The van der Waals surface area contributed by atoms with Crippen molar-refractivity contribution in [1.29, 1.82) is 0 Å². The molecule has 104 valence electrons. The van der Waals surface area contributed by atoms with Gasteiger partial charge in [-0.3, -0.25) is 9.80 Å². The molecule has 0 aromatic rings. The third-order valence-corrected chi connectivity index (χ3v) is 5.65. The fraction of sp³-hybridized carbons (Fsp3) is 1.00. The summed E-state index contributed by atoms with van der Waals surface area (Å²) in [6, 6.07) is 1.71. The van der Waals surface area contributed by atoms with Gasteiger partial charge in [-0.15, -0.1) is 0 Å². The fourth-order valence-electron chi connectivity index (χ4n) is 4.12. The van der Waals surface area contributed by atoms with Crippen molar-refractivity contribution in [3.8, 4) is 0 Å². The van der Waals surface area contributed by atoms with E-state index in [1.165, 1.54) is 64.7 Å². The van der Waals surface area contributed by atoms with Crippen molar-refractivity contribution in [3.63, 3.8) is 0 Å². The quantitative estimate of drug-likeness (QED) is 0.757. The van der Waals surface area contributed by atoms with Gasteiger partial charge in [-0.05, 0) is 44.2 Å². The summed E-state index contributed by atoms with van der Waals surface area (Å²) < 4.78 is 0. The van der Waals surface area contributed by atoms with Gasteiger partial charge in [0.1, 0.15) is 0 Å². The summed E-state index contributed by atoms with van der Waals surface area (Å²) in [5.41, 5.74) is 0. The summed E-state index contributed by atoms with van der Waals surface area (Å²) in [5.74, 6) is 1.88. The van der Waals surface area contributed by atoms with Crippen molar-refractivity contribution in [2.24, 2.45) is 11.8 Å². The second-order valence-electron chi connectivity index (χ2n) is 7.18. The normalized spacial score (nSPS) is 34.8. The second kappa shape index (κ2) is 5.50. The Morgan fingerprint density at radius 1 is 1.06 bits per heavy atom. The molecule has 2 saturated heterocycles. The van der Waals surface area contributed by atoms with Crippen molar-refractivity contribution < 1.29 is 0 Å². The van der Waals surface area contributed by atoms with Gasteiger partial charge in [0.25, 0.3) is 0 Å². The minimum Gasteiger partial charge on any atom is -0.298 e. The lowest BCUT2D eigenvalue weighted by Gasteiger charge is -2.46. The van der Waals surface area contributed by atoms with Gasteiger partial charge in [-0.1, -0.05) is 33.1 Å². The summed E-state index contributed by atoms with van der Waals surface area (Å²) in [7, 11) is 0. The van der Waals surface area contributed by atoms with E-state index in [0.29, 0.717) is 0 Å². The van der Waals surface area contributed by atoms with Gasteiger partial charge in [0.2, 0.25) is 0 Å². The van der Waals surface area contributed by atoms with Crippen LogP contribution in [0.2, 0.25) is 0 Å². The summed E-state index contributed by atoms with van der Waals surface area (Å²) in [6.07, 6.45) is 8.87. The minimum atomic E-state index is 0.813. The van der Waals surface area contributed by atoms with Gasteiger partial charge < -0.3 is 0 Å². The lowest BCUT2D eigenvalue weighted by atomic mass is 9.82. The van der Waals surface area contributed by atoms with Crippen LogP contribution in [0, 0.1) is 11.8 Å². The summed E-state index contributed by atoms with van der Waals surface area (Å²) in [5, 5.41) is 0. The Morgan fingerprint density at radius 3 is 2.56 bits per heavy atom. The molecule has 2 heteroatoms. The van der Waals surface area contributed by atoms with Crippen LogP contribution in [-0.2, 0) is 0 Å². The first-order valence-electron chi connectivity index (χ1n) is 8.22. The molecule has 2 atom stereocenters. The van der Waals surface area contributed by atoms with Crippen LogP contribution in [0.5, 0.6) is 0 Å². The van der Waals surface area contributed by atoms with Gasteiger partial charge >= 0.3 is 0 Å². The van der Waals surface area contributed by atoms with E-state index in [9.17, 15) is 0 Å². The number of nitrogens with zero attached hydrogens (tertiary/aromatic N) is 2. The van der Waals surface area contributed by atoms with Gasteiger partial charge in [-0.2, -0.15) is 0 Å². The smallest absolute Gasteiger partial charge is 0.0246 e. The number of fused-ring (bicyclic) bond motifs is 1. The van der Waals surface area contributed by atoms with Crippen LogP contribution in [0.25, 0.3) is 0 Å². The Bertz CT molecular complexity index is 272. The topological polar surface area (TPSA) is 6.48 Å². The molecular formula is C16H30N2. The Hall–Kier alpha value is -0.0800. The van der Waals surface area contributed by atoms with E-state index in [0.717, 1.165) is 23.9 Å². The van der Waals surface area contributed by atoms with Gasteiger partial charge in [0.05, 0.1) is 0 Å². The van der Waals surface area contributed by atoms with Crippen LogP contribution < -0.4 is 0 Å². The van der Waals surface area contributed by atoms with E-state index in [1.807, 2.05) is 0 Å². The highest BCUT2D eigenvalue weighted by Gasteiger charge is 2.37. The van der Waals surface area contributed by atoms with Crippen LogP contribution in [0.1, 0.15) is 52.4 Å². The summed E-state index contributed by atoms with van der Waals surface area (Å²) in [6.45, 7) is 10.3. The fourth-order valence-corrected chi connectivity index (χ4v) is 4.12. The number of piperazine rings is 1. The maximum Gasteiger partial charge on any atom is 0.0246 e. The van der Waals surface area contributed by atoms with Crippen LogP contribution in [0.15, 0.2) is 0 Å². The molecule has 2 nitrogen and oxygen atoms in total. The van der Waals surface area contributed by atoms with E-state index in [-0.39, 0.29) is 0 Å². The van der Waals surface area contributed by atoms with E-state index < -0.39 is 0 Å². The van der Waals surface area contributed by atoms with Crippen LogP contribution in [0.4, 0.5) is 0 Å². The highest BCUT2D eigenvalue weighted by atomic mass is 15.3. The van der Waals surface area contributed by atoms with E-state index in [1.54, 1.807) is 0 Å². The number of rotatable bonds is 4. The van der Waals surface area contributed by atoms with E-state index in [2.05, 4.69) is 23.6 Å². The van der Waals surface area contributed by atoms with E-state index >= 15 is 0 Å². The average molecular weight is 250 g/mol. The molecule has 2 unspecified atom stereocenters. The Kier molecular flexibility index (Phi) is 3.95. The maximum atomic E-state index is 2.84. The first kappa shape index (κ1) is 12.9. The third-order valence-electron chi connectivity index (χ3n) is 5.65. The molecule has 1 saturated carbocycles. The van der Waals surface area contributed by atoms with Crippen molar-refractivity contribution >= 4 is 0 Å². The van der Waals surface area contributed by atoms with Crippen LogP contribution >= 0.6 is 0 Å². The van der Waals surface area contributed by atoms with Crippen molar-refractivity contribution in [2.45, 2.75) is 64.5 Å². The zero-order chi connectivity index (χ0) is 12.5. The molecule has 0 aromatic heterocycles. The number of hydrogen-bond donors (Lipinski definition) is 0. The highest BCUT2D eigenvalue weighted by Crippen LogP contribution is 2.32. The molecule has 0 aromatic carbocycles. The molecule has 0 spiro atoms. The van der Waals surface area contributed by atoms with Gasteiger partial charge in [0.15, 0.2) is 0 Å². The molecule has 0 N–H and O–H groups in total. The molecule has 18 heavy (non-hydrogen) atoms. The SMILES string of the molecule is CC(C)C1CN2CCCC2CN1CCC1CCC1. The molecule has 3 rings (SSSR count).